The largest absolute Gasteiger partial charge is 0.492 e. The number of ether oxygens (including phenoxy) is 1. The summed E-state index contributed by atoms with van der Waals surface area (Å²) in [4.78, 5) is 14.8. The molecule has 0 radical (unpaired) electrons. The Bertz CT molecular complexity index is 503. The number of nitrogens with one attached hydrogen (secondary N) is 1. The van der Waals surface area contributed by atoms with Gasteiger partial charge in [-0.1, -0.05) is 18.2 Å². The molecule has 2 heterocycles. The first-order chi connectivity index (χ1) is 9.66. The first-order valence-electron chi connectivity index (χ1n) is 7.41. The van der Waals surface area contributed by atoms with Crippen LogP contribution in [-0.4, -0.2) is 42.6 Å². The summed E-state index contributed by atoms with van der Waals surface area (Å²) in [7, 11) is 0. The molecule has 3 rings (SSSR count). The lowest BCUT2D eigenvalue weighted by atomic mass is 9.94. The zero-order valence-corrected chi connectivity index (χ0v) is 12.1. The number of carbonyl (C=O) groups is 1. The molecular formula is C16H22N2O2. The average molecular weight is 274 g/mol. The van der Waals surface area contributed by atoms with E-state index in [-0.39, 0.29) is 17.9 Å². The highest BCUT2D eigenvalue weighted by molar-refractivity contribution is 5.80. The fourth-order valence-electron chi connectivity index (χ4n) is 3.09. The van der Waals surface area contributed by atoms with Crippen LogP contribution < -0.4 is 10.1 Å². The topological polar surface area (TPSA) is 41.6 Å². The molecule has 2 aliphatic rings. The summed E-state index contributed by atoms with van der Waals surface area (Å²) in [6.45, 7) is 6.42. The van der Waals surface area contributed by atoms with E-state index in [2.05, 4.69) is 25.2 Å². The number of rotatable bonds is 1. The molecule has 1 saturated heterocycles. The van der Waals surface area contributed by atoms with Gasteiger partial charge < -0.3 is 15.0 Å². The van der Waals surface area contributed by atoms with Gasteiger partial charge in [0.1, 0.15) is 12.4 Å². The maximum atomic E-state index is 12.7. The molecule has 1 aromatic rings. The summed E-state index contributed by atoms with van der Waals surface area (Å²) < 4.78 is 5.75. The van der Waals surface area contributed by atoms with Crippen LogP contribution in [0.4, 0.5) is 0 Å². The van der Waals surface area contributed by atoms with Gasteiger partial charge in [-0.25, -0.2) is 0 Å². The molecular weight excluding hydrogens is 252 g/mol. The van der Waals surface area contributed by atoms with Crippen LogP contribution in [0, 0.1) is 5.92 Å². The lowest BCUT2D eigenvalue weighted by Crippen LogP contribution is -2.59. The average Bonchev–Trinajstić information content (AvgIpc) is 2.49. The van der Waals surface area contributed by atoms with E-state index in [9.17, 15) is 4.79 Å². The third kappa shape index (κ3) is 2.40. The quantitative estimate of drug-likeness (QED) is 0.842. The van der Waals surface area contributed by atoms with Gasteiger partial charge in [0.05, 0.1) is 5.92 Å². The second kappa shape index (κ2) is 5.44. The Morgan fingerprint density at radius 2 is 2.15 bits per heavy atom. The van der Waals surface area contributed by atoms with Crippen molar-refractivity contribution in [2.24, 2.45) is 5.92 Å². The molecule has 0 bridgehead atoms. The normalized spacial score (nSPS) is 29.5. The number of para-hydroxylation sites is 1. The van der Waals surface area contributed by atoms with Gasteiger partial charge in [0.25, 0.3) is 0 Å². The third-order valence-corrected chi connectivity index (χ3v) is 4.55. The molecule has 20 heavy (non-hydrogen) atoms. The Morgan fingerprint density at radius 1 is 1.35 bits per heavy atom. The minimum Gasteiger partial charge on any atom is -0.492 e. The second-order valence-corrected chi connectivity index (χ2v) is 5.83. The van der Waals surface area contributed by atoms with Crippen molar-refractivity contribution in [1.82, 2.24) is 10.2 Å². The number of carbonyl (C=O) groups excluding carboxylic acids is 1. The van der Waals surface area contributed by atoms with Crippen LogP contribution >= 0.6 is 0 Å². The van der Waals surface area contributed by atoms with Crippen molar-refractivity contribution in [3.8, 4) is 5.75 Å². The summed E-state index contributed by atoms with van der Waals surface area (Å²) in [5, 5.41) is 3.41. The highest BCUT2D eigenvalue weighted by Gasteiger charge is 2.34. The Morgan fingerprint density at radius 3 is 3.00 bits per heavy atom. The fourth-order valence-corrected chi connectivity index (χ4v) is 3.09. The van der Waals surface area contributed by atoms with E-state index >= 15 is 0 Å². The lowest BCUT2D eigenvalue weighted by molar-refractivity contribution is -0.140. The molecule has 4 heteroatoms. The van der Waals surface area contributed by atoms with E-state index in [4.69, 9.17) is 4.74 Å². The molecule has 1 aromatic carbocycles. The van der Waals surface area contributed by atoms with Gasteiger partial charge in [-0.15, -0.1) is 0 Å². The molecule has 4 nitrogen and oxygen atoms in total. The predicted octanol–water partition coefficient (Wildman–Crippen LogP) is 1.45. The van der Waals surface area contributed by atoms with Crippen molar-refractivity contribution in [3.05, 3.63) is 29.8 Å². The van der Waals surface area contributed by atoms with Crippen molar-refractivity contribution in [2.75, 3.05) is 19.7 Å². The Hall–Kier alpha value is -1.55. The maximum Gasteiger partial charge on any atom is 0.229 e. The van der Waals surface area contributed by atoms with Crippen molar-refractivity contribution in [3.63, 3.8) is 0 Å². The lowest BCUT2D eigenvalue weighted by Gasteiger charge is -2.41. The number of nitrogens with zero attached hydrogens (tertiary/aromatic N) is 1. The van der Waals surface area contributed by atoms with Crippen LogP contribution in [0.3, 0.4) is 0 Å². The first kappa shape index (κ1) is 13.4. The van der Waals surface area contributed by atoms with Crippen molar-refractivity contribution in [1.29, 1.82) is 0 Å². The molecule has 0 saturated carbocycles. The molecule has 1 amide bonds. The maximum absolute atomic E-state index is 12.7. The van der Waals surface area contributed by atoms with Gasteiger partial charge in [0.15, 0.2) is 0 Å². The van der Waals surface area contributed by atoms with E-state index in [1.54, 1.807) is 0 Å². The zero-order valence-electron chi connectivity index (χ0n) is 12.1. The number of piperazine rings is 1. The predicted molar refractivity (Wildman–Crippen MR) is 77.8 cm³/mol. The number of hydrogen-bond donors (Lipinski definition) is 1. The minimum absolute atomic E-state index is 0.0438. The highest BCUT2D eigenvalue weighted by Crippen LogP contribution is 2.28. The van der Waals surface area contributed by atoms with E-state index in [1.807, 2.05) is 23.1 Å². The molecule has 1 N–H and O–H groups in total. The van der Waals surface area contributed by atoms with Crippen LogP contribution in [0.15, 0.2) is 24.3 Å². The van der Waals surface area contributed by atoms with Gasteiger partial charge in [-0.2, -0.15) is 0 Å². The fraction of sp³-hybridized carbons (Fsp3) is 0.562. The van der Waals surface area contributed by atoms with Gasteiger partial charge in [-0.3, -0.25) is 4.79 Å². The first-order valence-corrected chi connectivity index (χ1v) is 7.41. The molecule has 1 fully saturated rings. The van der Waals surface area contributed by atoms with Gasteiger partial charge >= 0.3 is 0 Å². The van der Waals surface area contributed by atoms with E-state index < -0.39 is 0 Å². The monoisotopic (exact) mass is 274 g/mol. The van der Waals surface area contributed by atoms with E-state index in [0.29, 0.717) is 12.6 Å². The number of fused-ring (bicyclic) bond motifs is 1. The Balaban J connectivity index is 1.72. The molecule has 3 atom stereocenters. The molecule has 0 spiro atoms. The standard InChI is InChI=1S/C16H22N2O2/c1-11-12(2)18(8-7-17-11)16(19)14-9-13-5-3-4-6-15(13)20-10-14/h3-6,11-12,14,17H,7-10H2,1-2H3. The summed E-state index contributed by atoms with van der Waals surface area (Å²) in [6, 6.07) is 8.60. The van der Waals surface area contributed by atoms with Crippen LogP contribution in [0.25, 0.3) is 0 Å². The SMILES string of the molecule is CC1NCCN(C(=O)C2COc3ccccc3C2)C1C. The molecule has 108 valence electrons. The van der Waals surface area contributed by atoms with E-state index in [1.165, 1.54) is 0 Å². The second-order valence-electron chi connectivity index (χ2n) is 5.83. The van der Waals surface area contributed by atoms with Crippen LogP contribution in [0.5, 0.6) is 5.75 Å². The van der Waals surface area contributed by atoms with Gasteiger partial charge in [0.2, 0.25) is 5.91 Å². The van der Waals surface area contributed by atoms with Crippen LogP contribution in [0.2, 0.25) is 0 Å². The summed E-state index contributed by atoms with van der Waals surface area (Å²) in [5.74, 6) is 1.12. The van der Waals surface area contributed by atoms with E-state index in [0.717, 1.165) is 30.8 Å². The minimum atomic E-state index is -0.0438. The van der Waals surface area contributed by atoms with Crippen LogP contribution in [-0.2, 0) is 11.2 Å². The molecule has 0 aromatic heterocycles. The summed E-state index contributed by atoms with van der Waals surface area (Å²) in [5.41, 5.74) is 1.15. The van der Waals surface area contributed by atoms with Crippen LogP contribution in [0.1, 0.15) is 19.4 Å². The third-order valence-electron chi connectivity index (χ3n) is 4.55. The molecule has 3 unspecified atom stereocenters. The summed E-state index contributed by atoms with van der Waals surface area (Å²) in [6.07, 6.45) is 0.792. The highest BCUT2D eigenvalue weighted by atomic mass is 16.5. The smallest absolute Gasteiger partial charge is 0.229 e. The van der Waals surface area contributed by atoms with Crippen molar-refractivity contribution in [2.45, 2.75) is 32.4 Å². The number of hydrogen-bond acceptors (Lipinski definition) is 3. The van der Waals surface area contributed by atoms with Crippen molar-refractivity contribution < 1.29 is 9.53 Å². The molecule has 2 aliphatic heterocycles. The zero-order chi connectivity index (χ0) is 14.1. The Kier molecular flexibility index (Phi) is 3.66. The Labute approximate surface area is 120 Å². The number of amides is 1. The van der Waals surface area contributed by atoms with Crippen molar-refractivity contribution >= 4 is 5.91 Å². The van der Waals surface area contributed by atoms with Gasteiger partial charge in [-0.05, 0) is 31.9 Å². The number of benzene rings is 1. The summed E-state index contributed by atoms with van der Waals surface area (Å²) >= 11 is 0. The van der Waals surface area contributed by atoms with Gasteiger partial charge in [0, 0.05) is 25.2 Å². The molecule has 0 aliphatic carbocycles.